The summed E-state index contributed by atoms with van der Waals surface area (Å²) in [5, 5.41) is 6.83. The average Bonchev–Trinajstić information content (AvgIpc) is 3.29. The number of hydrogen-bond acceptors (Lipinski definition) is 4. The third kappa shape index (κ3) is 2.31. The van der Waals surface area contributed by atoms with Crippen LogP contribution in [0.4, 0.5) is 0 Å². The minimum atomic E-state index is 0.161. The molecule has 0 unspecified atom stereocenters. The molecule has 1 aromatic carbocycles. The number of rotatable bonds is 2. The highest BCUT2D eigenvalue weighted by Gasteiger charge is 2.30. The number of carbonyl (C=O) groups is 1. The van der Waals surface area contributed by atoms with Crippen molar-refractivity contribution in [2.75, 3.05) is 0 Å². The summed E-state index contributed by atoms with van der Waals surface area (Å²) in [4.78, 5) is 18.6. The van der Waals surface area contributed by atoms with Crippen molar-refractivity contribution in [2.45, 2.75) is 25.7 Å². The van der Waals surface area contributed by atoms with E-state index in [9.17, 15) is 4.79 Å². The summed E-state index contributed by atoms with van der Waals surface area (Å²) in [6.07, 6.45) is 3.10. The first-order chi connectivity index (χ1) is 12.7. The largest absolute Gasteiger partial charge is 0.294 e. The Morgan fingerprint density at radius 1 is 1.12 bits per heavy atom. The van der Waals surface area contributed by atoms with E-state index in [2.05, 4.69) is 28.6 Å². The van der Waals surface area contributed by atoms with E-state index in [1.54, 1.807) is 17.5 Å². The van der Waals surface area contributed by atoms with Gasteiger partial charge < -0.3 is 0 Å². The molecular weight excluding hydrogens is 342 g/mol. The van der Waals surface area contributed by atoms with Gasteiger partial charge in [-0.15, -0.1) is 11.3 Å². The standard InChI is InChI=1S/C21H17N3OS/c1-13-20(14-6-3-2-4-7-14)21-22-12-16-17(24(21)23-13)10-15(11-18(16)25)19-8-5-9-26-19/h2-9,12,15H,10-11H2,1H3/t15-/m1/s1. The lowest BCUT2D eigenvalue weighted by molar-refractivity contribution is 0.0962. The van der Waals surface area contributed by atoms with Crippen LogP contribution < -0.4 is 0 Å². The Balaban J connectivity index is 1.70. The highest BCUT2D eigenvalue weighted by atomic mass is 32.1. The van der Waals surface area contributed by atoms with Crippen molar-refractivity contribution in [3.05, 3.63) is 75.9 Å². The number of benzene rings is 1. The SMILES string of the molecule is Cc1nn2c3c(cnc2c1-c1ccccc1)C(=O)C[C@H](c1cccs1)C3. The summed E-state index contributed by atoms with van der Waals surface area (Å²) in [7, 11) is 0. The van der Waals surface area contributed by atoms with Crippen LogP contribution in [0.1, 0.15) is 39.0 Å². The number of nitrogens with zero attached hydrogens (tertiary/aromatic N) is 3. The second kappa shape index (κ2) is 5.88. The topological polar surface area (TPSA) is 47.3 Å². The van der Waals surface area contributed by atoms with Crippen LogP contribution >= 0.6 is 11.3 Å². The van der Waals surface area contributed by atoms with E-state index in [4.69, 9.17) is 5.10 Å². The summed E-state index contributed by atoms with van der Waals surface area (Å²) in [5.41, 5.74) is 5.60. The van der Waals surface area contributed by atoms with Crippen LogP contribution in [-0.4, -0.2) is 20.4 Å². The zero-order valence-electron chi connectivity index (χ0n) is 14.3. The first-order valence-electron chi connectivity index (χ1n) is 8.71. The quantitative estimate of drug-likeness (QED) is 0.522. The maximum absolute atomic E-state index is 12.7. The Morgan fingerprint density at radius 2 is 1.96 bits per heavy atom. The molecule has 0 amide bonds. The molecular formula is C21H17N3OS. The number of fused-ring (bicyclic) bond motifs is 3. The Kier molecular flexibility index (Phi) is 3.50. The normalized spacial score (nSPS) is 16.8. The minimum absolute atomic E-state index is 0.161. The molecule has 4 aromatic rings. The van der Waals surface area contributed by atoms with Gasteiger partial charge in [-0.3, -0.25) is 4.79 Å². The average molecular weight is 359 g/mol. The van der Waals surface area contributed by atoms with Crippen molar-refractivity contribution in [1.82, 2.24) is 14.6 Å². The lowest BCUT2D eigenvalue weighted by Crippen LogP contribution is -2.22. The minimum Gasteiger partial charge on any atom is -0.294 e. The number of thiophene rings is 1. The van der Waals surface area contributed by atoms with Gasteiger partial charge in [0.2, 0.25) is 0 Å². The molecule has 0 bridgehead atoms. The zero-order chi connectivity index (χ0) is 17.7. The fourth-order valence-electron chi connectivity index (χ4n) is 3.87. The van der Waals surface area contributed by atoms with Crippen molar-refractivity contribution in [2.24, 2.45) is 0 Å². The predicted octanol–water partition coefficient (Wildman–Crippen LogP) is 4.68. The second-order valence-electron chi connectivity index (χ2n) is 6.72. The summed E-state index contributed by atoms with van der Waals surface area (Å²) in [6, 6.07) is 14.4. The molecule has 1 aliphatic carbocycles. The molecule has 0 radical (unpaired) electrons. The number of hydrogen-bond donors (Lipinski definition) is 0. The maximum atomic E-state index is 12.7. The van der Waals surface area contributed by atoms with Crippen LogP contribution in [0.15, 0.2) is 54.0 Å². The van der Waals surface area contributed by atoms with Gasteiger partial charge in [-0.2, -0.15) is 5.10 Å². The highest BCUT2D eigenvalue weighted by Crippen LogP contribution is 2.36. The van der Waals surface area contributed by atoms with Crippen molar-refractivity contribution in [1.29, 1.82) is 0 Å². The van der Waals surface area contributed by atoms with Crippen LogP contribution in [-0.2, 0) is 6.42 Å². The van der Waals surface area contributed by atoms with Crippen molar-refractivity contribution in [3.8, 4) is 11.1 Å². The van der Waals surface area contributed by atoms with E-state index in [-0.39, 0.29) is 11.7 Å². The van der Waals surface area contributed by atoms with E-state index in [1.165, 1.54) is 4.88 Å². The predicted molar refractivity (Wildman–Crippen MR) is 103 cm³/mol. The Labute approximate surface area is 155 Å². The smallest absolute Gasteiger partial charge is 0.166 e. The van der Waals surface area contributed by atoms with Gasteiger partial charge in [-0.05, 0) is 30.4 Å². The third-order valence-corrected chi connectivity index (χ3v) is 6.13. The number of aromatic nitrogens is 3. The highest BCUT2D eigenvalue weighted by molar-refractivity contribution is 7.10. The van der Waals surface area contributed by atoms with E-state index in [1.807, 2.05) is 35.7 Å². The van der Waals surface area contributed by atoms with Gasteiger partial charge in [0, 0.05) is 29.0 Å². The first kappa shape index (κ1) is 15.5. The lowest BCUT2D eigenvalue weighted by atomic mass is 9.85. The molecule has 4 nitrogen and oxygen atoms in total. The number of aryl methyl sites for hydroxylation is 1. The van der Waals surface area contributed by atoms with Crippen molar-refractivity contribution >= 4 is 22.8 Å². The van der Waals surface area contributed by atoms with Gasteiger partial charge in [0.05, 0.1) is 17.0 Å². The summed E-state index contributed by atoms with van der Waals surface area (Å²) in [6.45, 7) is 2.00. The second-order valence-corrected chi connectivity index (χ2v) is 7.70. The molecule has 0 aliphatic heterocycles. The summed E-state index contributed by atoms with van der Waals surface area (Å²) in [5.74, 6) is 0.388. The summed E-state index contributed by atoms with van der Waals surface area (Å²) >= 11 is 1.72. The Bertz CT molecular complexity index is 1110. The maximum Gasteiger partial charge on any atom is 0.166 e. The Hall–Kier alpha value is -2.79. The van der Waals surface area contributed by atoms with Gasteiger partial charge in [-0.1, -0.05) is 36.4 Å². The molecule has 0 saturated carbocycles. The monoisotopic (exact) mass is 359 g/mol. The van der Waals surface area contributed by atoms with E-state index >= 15 is 0 Å². The van der Waals surface area contributed by atoms with Crippen LogP contribution in [0.5, 0.6) is 0 Å². The third-order valence-electron chi connectivity index (χ3n) is 5.10. The molecule has 1 atom stereocenters. The van der Waals surface area contributed by atoms with E-state index in [0.717, 1.165) is 34.6 Å². The molecule has 26 heavy (non-hydrogen) atoms. The number of ketones is 1. The summed E-state index contributed by atoms with van der Waals surface area (Å²) < 4.78 is 1.89. The van der Waals surface area contributed by atoms with Gasteiger partial charge in [0.15, 0.2) is 11.4 Å². The molecule has 0 spiro atoms. The molecule has 1 aliphatic rings. The molecule has 3 aromatic heterocycles. The van der Waals surface area contributed by atoms with E-state index in [0.29, 0.717) is 12.0 Å². The fourth-order valence-corrected chi connectivity index (χ4v) is 4.70. The van der Waals surface area contributed by atoms with Crippen LogP contribution in [0.25, 0.3) is 16.8 Å². The van der Waals surface area contributed by atoms with Gasteiger partial charge in [-0.25, -0.2) is 9.50 Å². The molecule has 0 N–H and O–H groups in total. The van der Waals surface area contributed by atoms with Crippen molar-refractivity contribution < 1.29 is 4.79 Å². The molecule has 3 heterocycles. The van der Waals surface area contributed by atoms with Crippen molar-refractivity contribution in [3.63, 3.8) is 0 Å². The lowest BCUT2D eigenvalue weighted by Gasteiger charge is -2.23. The molecule has 0 fully saturated rings. The molecule has 128 valence electrons. The number of carbonyl (C=O) groups excluding carboxylic acids is 1. The van der Waals surface area contributed by atoms with E-state index < -0.39 is 0 Å². The van der Waals surface area contributed by atoms with Gasteiger partial charge in [0.1, 0.15) is 0 Å². The first-order valence-corrected chi connectivity index (χ1v) is 9.59. The van der Waals surface area contributed by atoms with Crippen LogP contribution in [0.2, 0.25) is 0 Å². The van der Waals surface area contributed by atoms with Gasteiger partial charge in [0.25, 0.3) is 0 Å². The molecule has 5 rings (SSSR count). The molecule has 5 heteroatoms. The van der Waals surface area contributed by atoms with Gasteiger partial charge >= 0.3 is 0 Å². The zero-order valence-corrected chi connectivity index (χ0v) is 15.2. The Morgan fingerprint density at radius 3 is 2.73 bits per heavy atom. The number of Topliss-reactive ketones (excluding diaryl/α,β-unsaturated/α-hetero) is 1. The van der Waals surface area contributed by atoms with Crippen LogP contribution in [0.3, 0.4) is 0 Å². The fraction of sp³-hybridized carbons (Fsp3) is 0.190. The molecule has 0 saturated heterocycles. The van der Waals surface area contributed by atoms with Crippen LogP contribution in [0, 0.1) is 6.92 Å².